The highest BCUT2D eigenvalue weighted by molar-refractivity contribution is 6.11. The zero-order valence-corrected chi connectivity index (χ0v) is 19.0. The van der Waals surface area contributed by atoms with Gasteiger partial charge in [0.1, 0.15) is 11.4 Å². The number of fused-ring (bicyclic) bond motifs is 2. The highest BCUT2D eigenvalue weighted by atomic mass is 16.5. The van der Waals surface area contributed by atoms with E-state index in [2.05, 4.69) is 28.1 Å². The predicted octanol–water partition coefficient (Wildman–Crippen LogP) is 4.09. The Bertz CT molecular complexity index is 1600. The number of para-hydroxylation sites is 1. The lowest BCUT2D eigenvalue weighted by Crippen LogP contribution is -2.18. The van der Waals surface area contributed by atoms with E-state index in [0.29, 0.717) is 17.0 Å². The molecule has 34 heavy (non-hydrogen) atoms. The molecule has 0 aliphatic carbocycles. The summed E-state index contributed by atoms with van der Waals surface area (Å²) >= 11 is 0. The zero-order chi connectivity index (χ0) is 24.0. The molecule has 0 atom stereocenters. The Hall–Kier alpha value is -4.59. The average Bonchev–Trinajstić information content (AvgIpc) is 3.35. The smallest absolute Gasteiger partial charge is 0.255 e. The SMILES string of the molecule is COc1ccc(NC(=O)c2ccc3c(c2)c(-c2cc4ccccc4n2C)nn3C)c(C(N)=O)c1. The lowest BCUT2D eigenvalue weighted by molar-refractivity contribution is 0.100. The molecule has 0 spiro atoms. The third kappa shape index (κ3) is 3.45. The van der Waals surface area contributed by atoms with Gasteiger partial charge in [0.05, 0.1) is 29.6 Å². The van der Waals surface area contributed by atoms with Gasteiger partial charge in [0, 0.05) is 35.9 Å². The predicted molar refractivity (Wildman–Crippen MR) is 132 cm³/mol. The summed E-state index contributed by atoms with van der Waals surface area (Å²) in [5.74, 6) is -0.542. The summed E-state index contributed by atoms with van der Waals surface area (Å²) in [5.41, 5.74) is 10.2. The molecular formula is C26H23N5O3. The molecule has 0 aliphatic rings. The number of ether oxygens (including phenoxy) is 1. The fourth-order valence-corrected chi connectivity index (χ4v) is 4.27. The molecule has 0 unspecified atom stereocenters. The highest BCUT2D eigenvalue weighted by Gasteiger charge is 2.19. The monoisotopic (exact) mass is 453 g/mol. The number of carbonyl (C=O) groups excluding carboxylic acids is 2. The van der Waals surface area contributed by atoms with Gasteiger partial charge < -0.3 is 20.4 Å². The summed E-state index contributed by atoms with van der Waals surface area (Å²) < 4.78 is 9.06. The van der Waals surface area contributed by atoms with Crippen molar-refractivity contribution in [1.29, 1.82) is 0 Å². The third-order valence-corrected chi connectivity index (χ3v) is 6.05. The molecule has 3 N–H and O–H groups in total. The van der Waals surface area contributed by atoms with Crippen LogP contribution in [0.3, 0.4) is 0 Å². The first-order valence-corrected chi connectivity index (χ1v) is 10.7. The fraction of sp³-hybridized carbons (Fsp3) is 0.115. The van der Waals surface area contributed by atoms with Crippen LogP contribution in [-0.4, -0.2) is 33.3 Å². The number of anilines is 1. The Kier molecular flexibility index (Phi) is 5.05. The molecule has 0 saturated carbocycles. The number of rotatable bonds is 5. The lowest BCUT2D eigenvalue weighted by atomic mass is 10.1. The fourth-order valence-electron chi connectivity index (χ4n) is 4.27. The number of amides is 2. The summed E-state index contributed by atoms with van der Waals surface area (Å²) in [4.78, 5) is 25.0. The molecule has 0 saturated heterocycles. The molecule has 0 aliphatic heterocycles. The van der Waals surface area contributed by atoms with E-state index in [0.717, 1.165) is 33.2 Å². The molecule has 0 fully saturated rings. The first-order chi connectivity index (χ1) is 16.4. The Morgan fingerprint density at radius 1 is 0.971 bits per heavy atom. The molecule has 2 aromatic heterocycles. The maximum atomic E-state index is 13.1. The van der Waals surface area contributed by atoms with E-state index in [9.17, 15) is 9.59 Å². The Labute approximate surface area is 195 Å². The first-order valence-electron chi connectivity index (χ1n) is 10.7. The van der Waals surface area contributed by atoms with Crippen LogP contribution in [-0.2, 0) is 14.1 Å². The molecule has 2 amide bonds. The van der Waals surface area contributed by atoms with E-state index in [1.807, 2.05) is 38.4 Å². The number of hydrogen-bond acceptors (Lipinski definition) is 4. The largest absolute Gasteiger partial charge is 0.497 e. The van der Waals surface area contributed by atoms with Gasteiger partial charge in [-0.25, -0.2) is 0 Å². The van der Waals surface area contributed by atoms with Gasteiger partial charge in [-0.3, -0.25) is 14.3 Å². The Balaban J connectivity index is 1.57. The van der Waals surface area contributed by atoms with Crippen molar-refractivity contribution in [2.45, 2.75) is 0 Å². The molecule has 8 heteroatoms. The van der Waals surface area contributed by atoms with E-state index < -0.39 is 5.91 Å². The van der Waals surface area contributed by atoms with Gasteiger partial charge in [-0.05, 0) is 48.5 Å². The van der Waals surface area contributed by atoms with Crippen LogP contribution in [0.5, 0.6) is 5.75 Å². The molecule has 170 valence electrons. The van der Waals surface area contributed by atoms with Crippen LogP contribution in [0.25, 0.3) is 33.2 Å². The normalized spacial score (nSPS) is 11.1. The van der Waals surface area contributed by atoms with Gasteiger partial charge in [0.25, 0.3) is 11.8 Å². The average molecular weight is 454 g/mol. The van der Waals surface area contributed by atoms with Crippen LogP contribution in [0.1, 0.15) is 20.7 Å². The second kappa shape index (κ2) is 8.08. The molecule has 5 rings (SSSR count). The van der Waals surface area contributed by atoms with Gasteiger partial charge >= 0.3 is 0 Å². The highest BCUT2D eigenvalue weighted by Crippen LogP contribution is 2.32. The number of benzene rings is 3. The molecular weight excluding hydrogens is 430 g/mol. The maximum Gasteiger partial charge on any atom is 0.255 e. The number of hydrogen-bond donors (Lipinski definition) is 2. The molecule has 3 aromatic carbocycles. The minimum Gasteiger partial charge on any atom is -0.497 e. The van der Waals surface area contributed by atoms with Gasteiger partial charge in [-0.2, -0.15) is 5.10 Å². The first kappa shape index (κ1) is 21.3. The van der Waals surface area contributed by atoms with E-state index in [1.165, 1.54) is 13.2 Å². The zero-order valence-electron chi connectivity index (χ0n) is 19.0. The van der Waals surface area contributed by atoms with Crippen molar-refractivity contribution < 1.29 is 14.3 Å². The summed E-state index contributed by atoms with van der Waals surface area (Å²) in [7, 11) is 5.38. The second-order valence-corrected chi connectivity index (χ2v) is 8.08. The number of primary amides is 1. The second-order valence-electron chi connectivity index (χ2n) is 8.08. The van der Waals surface area contributed by atoms with Gasteiger partial charge in [0.2, 0.25) is 0 Å². The molecule has 0 radical (unpaired) electrons. The number of aryl methyl sites for hydroxylation is 2. The minimum absolute atomic E-state index is 0.173. The molecule has 5 aromatic rings. The van der Waals surface area contributed by atoms with Crippen LogP contribution >= 0.6 is 0 Å². The summed E-state index contributed by atoms with van der Waals surface area (Å²) in [6.45, 7) is 0. The van der Waals surface area contributed by atoms with Gasteiger partial charge in [0.15, 0.2) is 0 Å². The van der Waals surface area contributed by atoms with Gasteiger partial charge in [-0.15, -0.1) is 0 Å². The van der Waals surface area contributed by atoms with Crippen LogP contribution in [0.2, 0.25) is 0 Å². The molecule has 0 bridgehead atoms. The number of nitrogens with one attached hydrogen (secondary N) is 1. The number of methoxy groups -OCH3 is 1. The standard InChI is InChI=1S/C26H23N5O3/c1-30-21-7-5-4-6-15(21)13-23(30)24-19-12-16(8-11-22(19)31(2)29-24)26(33)28-20-10-9-17(34-3)14-18(20)25(27)32/h4-14H,1-3H3,(H2,27,32)(H,28,33). The molecule has 2 heterocycles. The Morgan fingerprint density at radius 2 is 1.76 bits per heavy atom. The van der Waals surface area contributed by atoms with Crippen molar-refractivity contribution in [2.24, 2.45) is 19.8 Å². The van der Waals surface area contributed by atoms with Crippen molar-refractivity contribution in [3.05, 3.63) is 77.9 Å². The van der Waals surface area contributed by atoms with Crippen LogP contribution in [0.4, 0.5) is 5.69 Å². The van der Waals surface area contributed by atoms with E-state index in [1.54, 1.807) is 22.9 Å². The van der Waals surface area contributed by atoms with E-state index in [4.69, 9.17) is 15.6 Å². The maximum absolute atomic E-state index is 13.1. The van der Waals surface area contributed by atoms with E-state index in [-0.39, 0.29) is 11.5 Å². The van der Waals surface area contributed by atoms with Crippen LogP contribution < -0.4 is 15.8 Å². The van der Waals surface area contributed by atoms with Crippen LogP contribution in [0.15, 0.2) is 66.7 Å². The minimum atomic E-state index is -0.657. The van der Waals surface area contributed by atoms with Gasteiger partial charge in [-0.1, -0.05) is 18.2 Å². The summed E-state index contributed by atoms with van der Waals surface area (Å²) in [6.07, 6.45) is 0. The van der Waals surface area contributed by atoms with E-state index >= 15 is 0 Å². The number of carbonyl (C=O) groups is 2. The number of aromatic nitrogens is 3. The molecule has 8 nitrogen and oxygen atoms in total. The lowest BCUT2D eigenvalue weighted by Gasteiger charge is -2.11. The number of nitrogens with two attached hydrogens (primary N) is 1. The Morgan fingerprint density at radius 3 is 2.50 bits per heavy atom. The third-order valence-electron chi connectivity index (χ3n) is 6.05. The summed E-state index contributed by atoms with van der Waals surface area (Å²) in [6, 6.07) is 20.4. The van der Waals surface area contributed by atoms with Crippen LogP contribution in [0, 0.1) is 0 Å². The van der Waals surface area contributed by atoms with Crippen molar-refractivity contribution in [2.75, 3.05) is 12.4 Å². The van der Waals surface area contributed by atoms with Crippen molar-refractivity contribution in [3.63, 3.8) is 0 Å². The van der Waals surface area contributed by atoms with Crippen molar-refractivity contribution in [3.8, 4) is 17.1 Å². The van der Waals surface area contributed by atoms with Crippen molar-refractivity contribution in [1.82, 2.24) is 14.3 Å². The summed E-state index contributed by atoms with van der Waals surface area (Å²) in [5, 5.41) is 9.51. The number of nitrogens with zero attached hydrogens (tertiary/aromatic N) is 3. The van der Waals surface area contributed by atoms with Crippen molar-refractivity contribution >= 4 is 39.3 Å². The quantitative estimate of drug-likeness (QED) is 0.418. The topological polar surface area (TPSA) is 104 Å².